The summed E-state index contributed by atoms with van der Waals surface area (Å²) in [6.45, 7) is 54.4. The van der Waals surface area contributed by atoms with Crippen LogP contribution in [0.3, 0.4) is 0 Å². The molecule has 18 heteroatoms. The van der Waals surface area contributed by atoms with Gasteiger partial charge in [-0.25, -0.2) is 43.9 Å². The van der Waals surface area contributed by atoms with Gasteiger partial charge in [0.2, 0.25) is 0 Å². The van der Waals surface area contributed by atoms with E-state index in [1.54, 1.807) is 71.9 Å². The topological polar surface area (TPSA) is 0 Å². The Morgan fingerprint density at radius 1 is 0.213 bits per heavy atom. The van der Waals surface area contributed by atoms with Crippen molar-refractivity contribution >= 4 is 92.8 Å². The van der Waals surface area contributed by atoms with Gasteiger partial charge >= 0.3 is 0 Å². The van der Waals surface area contributed by atoms with Crippen LogP contribution in [0.1, 0.15) is 183 Å². The Hall–Kier alpha value is -10.5. The molecule has 0 amide bonds. The van der Waals surface area contributed by atoms with Gasteiger partial charge in [-0.3, -0.25) is 0 Å². The molecule has 0 aliphatic heterocycles. The molecule has 756 valence electrons. The van der Waals surface area contributed by atoms with E-state index in [4.69, 9.17) is 99.2 Å². The van der Waals surface area contributed by atoms with Gasteiger partial charge in [0.25, 0.3) is 5.92 Å². The van der Waals surface area contributed by atoms with Gasteiger partial charge in [-0.15, -0.1) is 6.42 Å². The molecule has 0 heterocycles. The first-order chi connectivity index (χ1) is 64.7. The highest BCUT2D eigenvalue weighted by atomic mass is 35.5. The molecule has 0 nitrogen and oxygen atoms in total. The Labute approximate surface area is 877 Å². The zero-order valence-electron chi connectivity index (χ0n) is 84.9. The number of benzene rings is 15. The smallest absolute Gasteiger partial charge is 0.207 e. The maximum absolute atomic E-state index is 12.8. The molecule has 0 radical (unpaired) electrons. The van der Waals surface area contributed by atoms with E-state index in [0.717, 1.165) is 91.3 Å². The van der Waals surface area contributed by atoms with E-state index in [-0.39, 0.29) is 37.1 Å². The summed E-state index contributed by atoms with van der Waals surface area (Å²) in [6, 6.07) is 80.3. The minimum absolute atomic E-state index is 0. The third kappa shape index (κ3) is 57.4. The molecule has 0 fully saturated rings. The van der Waals surface area contributed by atoms with Crippen molar-refractivity contribution in [3.63, 3.8) is 0 Å². The zero-order valence-corrected chi connectivity index (χ0v) is 90.9. The molecule has 0 spiro atoms. The highest BCUT2D eigenvalue weighted by Crippen LogP contribution is 2.34. The summed E-state index contributed by atoms with van der Waals surface area (Å²) < 4.78 is 124. The molecular weight excluding hydrogens is 1950 g/mol. The second-order valence-corrected chi connectivity index (χ2v) is 37.2. The second kappa shape index (κ2) is 68.6. The highest BCUT2D eigenvalue weighted by Gasteiger charge is 2.27. The van der Waals surface area contributed by atoms with Crippen LogP contribution in [0.5, 0.6) is 0 Å². The lowest BCUT2D eigenvalue weighted by Gasteiger charge is -2.12. The van der Waals surface area contributed by atoms with Gasteiger partial charge in [-0.2, -0.15) is 0 Å². The number of terminal acetylenes is 1. The minimum Gasteiger partial charge on any atom is -0.207 e. The predicted octanol–water partition coefficient (Wildman–Crippen LogP) is 42.3. The van der Waals surface area contributed by atoms with E-state index in [1.165, 1.54) is 138 Å². The Morgan fingerprint density at radius 2 is 0.539 bits per heavy atom. The third-order valence-corrected chi connectivity index (χ3v) is 22.9. The average Bonchev–Trinajstić information content (AvgIpc) is 0.830. The van der Waals surface area contributed by atoms with Crippen LogP contribution in [0.25, 0.3) is 0 Å². The lowest BCUT2D eigenvalue weighted by atomic mass is 10.1. The fraction of sp³-hybridized carbons (Fsp3) is 0.252. The molecule has 15 aromatic rings. The van der Waals surface area contributed by atoms with Crippen LogP contribution in [0, 0.1) is 246 Å². The van der Waals surface area contributed by atoms with Crippen LogP contribution < -0.4 is 0 Å². The molecule has 0 aromatic heterocycles. The Morgan fingerprint density at radius 3 is 0.844 bits per heavy atom. The van der Waals surface area contributed by atoms with E-state index < -0.39 is 40.8 Å². The largest absolute Gasteiger partial charge is 0.271 e. The third-order valence-electron chi connectivity index (χ3n) is 20.3. The molecule has 0 unspecified atom stereocenters. The van der Waals surface area contributed by atoms with Gasteiger partial charge < -0.3 is 0 Å². The van der Waals surface area contributed by atoms with E-state index in [0.29, 0.717) is 47.4 Å². The molecule has 0 atom stereocenters. The first-order valence-electron chi connectivity index (χ1n) is 44.3. The highest BCUT2D eigenvalue weighted by molar-refractivity contribution is 6.42. The van der Waals surface area contributed by atoms with Crippen LogP contribution >= 0.6 is 92.8 Å². The standard InChI is InChI=1S/C9H9ClF2.C9H7Cl.4C9H12.2C8H9Cl.2C8H9F.2C7H6Cl2.3C7H6F2.2CH4/c1-6-3-4-8(10)7(5-6)9(2,11)12;1-3-8-6-7(2)4-5-9(8)10;1-7-4-8(2)6-9(3)5-7;2*1-7-4-5-8(2)9(3)6-7;1-7-5-4-6-8(2)9(7)3;1-6-3-4-8(9)5-7(6)2;3*1-6-3-4-7(2)8(9)5-6;1-5-2-6(8)4-7(9)3-5;1-5-3-2-4-6(8)7(5)9;1-5-2-6(8)4-7(9)3-5;1-5-2-3-6(8)4-7(5)9;1-5-2-3-6(8)7(9)4-5;;/h3-5H,1-2H3;1,4-6H,2H3;4*4-6H,1-3H3;4*3-5H,1-2H3;5*2-4H,1H3;2*1H4. The summed E-state index contributed by atoms with van der Waals surface area (Å²) in [5, 5.41) is 5.10. The van der Waals surface area contributed by atoms with Crippen LogP contribution in [-0.2, 0) is 5.92 Å². The molecule has 0 aliphatic rings. The monoisotopic (exact) mass is 2080 g/mol. The normalized spacial score (nSPS) is 9.65. The fourth-order valence-corrected chi connectivity index (χ4v) is 13.5. The first-order valence-corrected chi connectivity index (χ1v) is 47.3. The number of hydrogen-bond donors (Lipinski definition) is 0. The number of hydrogen-bond acceptors (Lipinski definition) is 0. The first kappa shape index (κ1) is 133. The van der Waals surface area contributed by atoms with Crippen molar-refractivity contribution in [1.82, 2.24) is 0 Å². The van der Waals surface area contributed by atoms with Crippen LogP contribution in [0.2, 0.25) is 40.2 Å². The van der Waals surface area contributed by atoms with Crippen molar-refractivity contribution in [3.8, 4) is 12.3 Å². The number of halogens is 18. The molecule has 0 saturated heterocycles. The van der Waals surface area contributed by atoms with Crippen LogP contribution in [-0.4, -0.2) is 0 Å². The number of alkyl halides is 2. The predicted molar refractivity (Wildman–Crippen MR) is 595 cm³/mol. The van der Waals surface area contributed by atoms with Crippen molar-refractivity contribution in [3.05, 3.63) is 521 Å². The molecular formula is C123H138Cl8F10. The molecule has 15 aromatic carbocycles. The van der Waals surface area contributed by atoms with Crippen molar-refractivity contribution in [2.75, 3.05) is 0 Å². The summed E-state index contributed by atoms with van der Waals surface area (Å²) in [6.07, 6.45) is 5.19. The lowest BCUT2D eigenvalue weighted by Crippen LogP contribution is -2.07. The van der Waals surface area contributed by atoms with E-state index in [9.17, 15) is 43.9 Å². The molecule has 15 rings (SSSR count). The Balaban J connectivity index is 0. The molecule has 0 bridgehead atoms. The average molecular weight is 2090 g/mol. The van der Waals surface area contributed by atoms with Crippen molar-refractivity contribution in [1.29, 1.82) is 0 Å². The van der Waals surface area contributed by atoms with Gasteiger partial charge in [-0.05, 0) is 413 Å². The maximum atomic E-state index is 12.8. The van der Waals surface area contributed by atoms with Gasteiger partial charge in [-0.1, -0.05) is 299 Å². The van der Waals surface area contributed by atoms with Crippen molar-refractivity contribution in [2.24, 2.45) is 0 Å². The fourth-order valence-electron chi connectivity index (χ4n) is 11.6. The summed E-state index contributed by atoms with van der Waals surface area (Å²) in [4.78, 5) is 0. The van der Waals surface area contributed by atoms with Crippen molar-refractivity contribution < 1.29 is 43.9 Å². The molecule has 0 N–H and O–H groups in total. The Kier molecular flexibility index (Phi) is 64.5. The quantitative estimate of drug-likeness (QED) is 0.114. The van der Waals surface area contributed by atoms with Gasteiger partial charge in [0.1, 0.15) is 34.9 Å². The molecule has 0 aliphatic carbocycles. The molecule has 141 heavy (non-hydrogen) atoms. The van der Waals surface area contributed by atoms with Crippen molar-refractivity contribution in [2.45, 2.75) is 215 Å². The number of aryl methyl sites for hydroxylation is 26. The van der Waals surface area contributed by atoms with Gasteiger partial charge in [0.15, 0.2) is 11.6 Å². The van der Waals surface area contributed by atoms with Gasteiger partial charge in [0, 0.05) is 55.3 Å². The van der Waals surface area contributed by atoms with E-state index in [1.807, 2.05) is 133 Å². The number of rotatable bonds is 1. The minimum atomic E-state index is -2.86. The van der Waals surface area contributed by atoms with E-state index in [2.05, 4.69) is 182 Å². The summed E-state index contributed by atoms with van der Waals surface area (Å²) in [5.41, 5.74) is 31.2. The van der Waals surface area contributed by atoms with E-state index >= 15 is 0 Å². The lowest BCUT2D eigenvalue weighted by molar-refractivity contribution is 0.0175. The SMILES string of the molecule is C.C.C#Cc1cc(C)ccc1Cl.Cc1cc(C)cc(C)c1.Cc1cc(Cl)cc(Cl)c1.Cc1cc(F)cc(F)c1.Cc1ccc(C)c(C)c1.Cc1ccc(C)c(C)c1.Cc1ccc(C)c(Cl)c1.Cc1ccc(C)c(F)c1.Cc1ccc(C)c(F)c1.Cc1ccc(Cl)c(C(C)(F)F)c1.Cc1ccc(Cl)cc1C.Cc1ccc(F)c(F)c1.Cc1ccc(F)cc1F.Cc1cccc(C)c1C.Cc1cccc(Cl)c1Cl. The summed E-state index contributed by atoms with van der Waals surface area (Å²) in [5.74, 6) is -4.22. The van der Waals surface area contributed by atoms with Crippen LogP contribution in [0.15, 0.2) is 273 Å². The Bertz CT molecular complexity index is 5430. The maximum Gasteiger partial charge on any atom is 0.271 e. The van der Waals surface area contributed by atoms with Crippen LogP contribution in [0.4, 0.5) is 43.9 Å². The second-order valence-electron chi connectivity index (χ2n) is 33.9. The summed E-state index contributed by atoms with van der Waals surface area (Å²) >= 11 is 45.6. The molecule has 0 saturated carbocycles. The zero-order chi connectivity index (χ0) is 106. The summed E-state index contributed by atoms with van der Waals surface area (Å²) in [7, 11) is 0. The van der Waals surface area contributed by atoms with Gasteiger partial charge in [0.05, 0.1) is 15.1 Å².